The maximum Gasteiger partial charge on any atom is 0.461 e. The van der Waals surface area contributed by atoms with Crippen molar-refractivity contribution in [3.05, 3.63) is 29.8 Å². The number of ether oxygens (including phenoxy) is 1. The number of aryl methyl sites for hydroxylation is 1. The van der Waals surface area contributed by atoms with E-state index in [0.29, 0.717) is 0 Å². The van der Waals surface area contributed by atoms with E-state index in [1.54, 1.807) is 12.1 Å². The van der Waals surface area contributed by atoms with Gasteiger partial charge in [0.1, 0.15) is 5.75 Å². The highest BCUT2D eigenvalue weighted by Gasteiger charge is 2.43. The zero-order valence-electron chi connectivity index (χ0n) is 13.4. The molecule has 0 amide bonds. The van der Waals surface area contributed by atoms with Crippen LogP contribution in [-0.4, -0.2) is 12.5 Å². The van der Waals surface area contributed by atoms with Crippen LogP contribution >= 0.6 is 0 Å². The van der Waals surface area contributed by atoms with Crippen LogP contribution in [0.2, 0.25) is 0 Å². The van der Waals surface area contributed by atoms with Gasteiger partial charge in [0.2, 0.25) is 0 Å². The van der Waals surface area contributed by atoms with E-state index in [4.69, 9.17) is 0 Å². The number of alkyl halides is 4. The van der Waals surface area contributed by atoms with Gasteiger partial charge in [-0.1, -0.05) is 51.2 Å². The molecular formula is C18H24F4O. The largest absolute Gasteiger partial charge is 0.461 e. The van der Waals surface area contributed by atoms with Crippen molar-refractivity contribution in [1.82, 2.24) is 0 Å². The molecule has 1 aliphatic rings. The van der Waals surface area contributed by atoms with Crippen molar-refractivity contribution >= 4 is 0 Å². The van der Waals surface area contributed by atoms with Crippen molar-refractivity contribution in [2.24, 2.45) is 11.8 Å². The summed E-state index contributed by atoms with van der Waals surface area (Å²) < 4.78 is 53.8. The van der Waals surface area contributed by atoms with Crippen LogP contribution in [0.5, 0.6) is 5.75 Å². The van der Waals surface area contributed by atoms with Gasteiger partial charge in [0.15, 0.2) is 0 Å². The first-order chi connectivity index (χ1) is 10.9. The molecule has 0 atom stereocenters. The molecule has 1 aromatic rings. The molecule has 5 heteroatoms. The fraction of sp³-hybridized carbons (Fsp3) is 0.667. The highest BCUT2D eigenvalue weighted by atomic mass is 19.3. The van der Waals surface area contributed by atoms with Crippen molar-refractivity contribution in [2.75, 3.05) is 0 Å². The van der Waals surface area contributed by atoms with Crippen LogP contribution in [0.1, 0.15) is 51.0 Å². The fourth-order valence-electron chi connectivity index (χ4n) is 3.23. The summed E-state index contributed by atoms with van der Waals surface area (Å²) >= 11 is 0. The van der Waals surface area contributed by atoms with Crippen LogP contribution in [0, 0.1) is 11.8 Å². The second kappa shape index (κ2) is 8.02. The number of hydrogen-bond acceptors (Lipinski definition) is 1. The Morgan fingerprint density at radius 3 is 2.13 bits per heavy atom. The molecular weight excluding hydrogens is 308 g/mol. The lowest BCUT2D eigenvalue weighted by atomic mass is 9.78. The summed E-state index contributed by atoms with van der Waals surface area (Å²) in [4.78, 5) is 0. The molecule has 1 nitrogen and oxygen atoms in total. The molecule has 0 spiro atoms. The Hall–Kier alpha value is -1.26. The smallest absolute Gasteiger partial charge is 0.428 e. The predicted molar refractivity (Wildman–Crippen MR) is 82.1 cm³/mol. The zero-order valence-corrected chi connectivity index (χ0v) is 13.4. The third-order valence-electron chi connectivity index (χ3n) is 4.82. The molecule has 1 fully saturated rings. The van der Waals surface area contributed by atoms with E-state index in [-0.39, 0.29) is 5.75 Å². The van der Waals surface area contributed by atoms with E-state index in [0.717, 1.165) is 30.2 Å². The molecule has 1 aliphatic carbocycles. The van der Waals surface area contributed by atoms with Gasteiger partial charge in [-0.2, -0.15) is 17.6 Å². The van der Waals surface area contributed by atoms with E-state index in [9.17, 15) is 17.6 Å². The van der Waals surface area contributed by atoms with Gasteiger partial charge in [-0.25, -0.2) is 0 Å². The van der Waals surface area contributed by atoms with Crippen molar-refractivity contribution in [2.45, 2.75) is 64.4 Å². The molecule has 130 valence electrons. The minimum atomic E-state index is -4.45. The first-order valence-corrected chi connectivity index (χ1v) is 8.34. The molecule has 1 aromatic carbocycles. The SMILES string of the molecule is CCC1CCC(CCc2ccc(OC(F)(F)C(F)F)cc2)CC1. The fourth-order valence-corrected chi connectivity index (χ4v) is 3.23. The van der Waals surface area contributed by atoms with Gasteiger partial charge in [-0.15, -0.1) is 0 Å². The van der Waals surface area contributed by atoms with Gasteiger partial charge in [0.05, 0.1) is 0 Å². The van der Waals surface area contributed by atoms with E-state index in [2.05, 4.69) is 11.7 Å². The van der Waals surface area contributed by atoms with E-state index < -0.39 is 12.5 Å². The standard InChI is InChI=1S/C18H24F4O/c1-2-13-3-5-14(6-4-13)7-8-15-9-11-16(12-10-15)23-18(21,22)17(19)20/h9-14,17H,2-8H2,1H3. The maximum absolute atomic E-state index is 12.8. The minimum Gasteiger partial charge on any atom is -0.428 e. The average Bonchev–Trinajstić information content (AvgIpc) is 2.54. The molecule has 23 heavy (non-hydrogen) atoms. The van der Waals surface area contributed by atoms with Gasteiger partial charge in [-0.05, 0) is 42.4 Å². The van der Waals surface area contributed by atoms with Gasteiger partial charge >= 0.3 is 12.5 Å². The van der Waals surface area contributed by atoms with Crippen molar-refractivity contribution in [3.63, 3.8) is 0 Å². The van der Waals surface area contributed by atoms with Crippen molar-refractivity contribution < 1.29 is 22.3 Å². The Kier molecular flexibility index (Phi) is 6.31. The molecule has 0 aromatic heterocycles. The zero-order chi connectivity index (χ0) is 16.9. The van der Waals surface area contributed by atoms with Crippen LogP contribution in [-0.2, 0) is 6.42 Å². The van der Waals surface area contributed by atoms with Crippen LogP contribution in [0.15, 0.2) is 24.3 Å². The number of halogens is 4. The Labute approximate surface area is 135 Å². The highest BCUT2D eigenvalue weighted by Crippen LogP contribution is 2.33. The lowest BCUT2D eigenvalue weighted by Crippen LogP contribution is -2.33. The van der Waals surface area contributed by atoms with Crippen molar-refractivity contribution in [3.8, 4) is 5.75 Å². The van der Waals surface area contributed by atoms with Crippen LogP contribution in [0.25, 0.3) is 0 Å². The van der Waals surface area contributed by atoms with E-state index in [1.165, 1.54) is 44.2 Å². The Morgan fingerprint density at radius 2 is 1.61 bits per heavy atom. The van der Waals surface area contributed by atoms with E-state index >= 15 is 0 Å². The Bertz CT molecular complexity index is 464. The summed E-state index contributed by atoms with van der Waals surface area (Å²) in [6, 6.07) is 6.02. The van der Waals surface area contributed by atoms with Gasteiger partial charge < -0.3 is 4.74 Å². The third kappa shape index (κ3) is 5.40. The second-order valence-corrected chi connectivity index (χ2v) is 6.44. The molecule has 2 rings (SSSR count). The Morgan fingerprint density at radius 1 is 1.04 bits per heavy atom. The summed E-state index contributed by atoms with van der Waals surface area (Å²) in [5, 5.41) is 0. The second-order valence-electron chi connectivity index (χ2n) is 6.44. The molecule has 0 unspecified atom stereocenters. The summed E-state index contributed by atoms with van der Waals surface area (Å²) in [6.45, 7) is 2.24. The first kappa shape index (κ1) is 18.1. The maximum atomic E-state index is 12.8. The molecule has 0 saturated heterocycles. The summed E-state index contributed by atoms with van der Waals surface area (Å²) in [7, 11) is 0. The molecule has 1 saturated carbocycles. The monoisotopic (exact) mass is 332 g/mol. The van der Waals surface area contributed by atoms with Crippen LogP contribution < -0.4 is 4.74 Å². The quantitative estimate of drug-likeness (QED) is 0.550. The third-order valence-corrected chi connectivity index (χ3v) is 4.82. The van der Waals surface area contributed by atoms with Crippen molar-refractivity contribution in [1.29, 1.82) is 0 Å². The topological polar surface area (TPSA) is 9.23 Å². The van der Waals surface area contributed by atoms with Crippen LogP contribution in [0.4, 0.5) is 17.6 Å². The summed E-state index contributed by atoms with van der Waals surface area (Å²) in [5.41, 5.74) is 1.02. The first-order valence-electron chi connectivity index (χ1n) is 8.34. The minimum absolute atomic E-state index is 0.234. The molecule has 0 N–H and O–H groups in total. The summed E-state index contributed by atoms with van der Waals surface area (Å²) in [5.74, 6) is 1.37. The Balaban J connectivity index is 1.79. The summed E-state index contributed by atoms with van der Waals surface area (Å²) in [6.07, 6.45) is 0.0853. The van der Waals surface area contributed by atoms with E-state index in [1.807, 2.05) is 0 Å². The molecule has 0 bridgehead atoms. The molecule has 0 aliphatic heterocycles. The number of benzene rings is 1. The average molecular weight is 332 g/mol. The normalized spacial score (nSPS) is 22.3. The van der Waals surface area contributed by atoms with Gasteiger partial charge in [-0.3, -0.25) is 0 Å². The molecule has 0 heterocycles. The number of hydrogen-bond donors (Lipinski definition) is 0. The number of rotatable bonds is 7. The van der Waals surface area contributed by atoms with Gasteiger partial charge in [0, 0.05) is 0 Å². The highest BCUT2D eigenvalue weighted by molar-refractivity contribution is 5.27. The van der Waals surface area contributed by atoms with Crippen LogP contribution in [0.3, 0.4) is 0 Å². The lowest BCUT2D eigenvalue weighted by Gasteiger charge is -2.27. The van der Waals surface area contributed by atoms with Gasteiger partial charge in [0.25, 0.3) is 0 Å². The molecule has 0 radical (unpaired) electrons. The predicted octanol–water partition coefficient (Wildman–Crippen LogP) is 6.07. The lowest BCUT2D eigenvalue weighted by molar-refractivity contribution is -0.253.